The lowest BCUT2D eigenvalue weighted by atomic mass is 9.87. The summed E-state index contributed by atoms with van der Waals surface area (Å²) in [6.07, 6.45) is 1.89. The Hall–Kier alpha value is -3.29. The molecule has 1 aliphatic carbocycles. The molecule has 0 unspecified atom stereocenters. The third-order valence-corrected chi connectivity index (χ3v) is 5.31. The van der Waals surface area contributed by atoms with E-state index in [1.54, 1.807) is 7.05 Å². The second-order valence-corrected chi connectivity index (χ2v) is 7.11. The van der Waals surface area contributed by atoms with Gasteiger partial charge in [-0.15, -0.1) is 0 Å². The van der Waals surface area contributed by atoms with Crippen LogP contribution in [0.3, 0.4) is 0 Å². The SMILES string of the molecule is CN(C(=O)Nc1ccc(F)cc1)[C@@H]1CCCc2[nH]c(=O)c3cc(F)c(F)cc3c21. The average molecular weight is 401 g/mol. The summed E-state index contributed by atoms with van der Waals surface area (Å²) in [6.45, 7) is 0. The molecule has 0 fully saturated rings. The Morgan fingerprint density at radius 2 is 1.76 bits per heavy atom. The van der Waals surface area contributed by atoms with Crippen molar-refractivity contribution in [2.24, 2.45) is 0 Å². The first-order chi connectivity index (χ1) is 13.8. The van der Waals surface area contributed by atoms with Crippen LogP contribution < -0.4 is 10.9 Å². The van der Waals surface area contributed by atoms with E-state index in [9.17, 15) is 22.8 Å². The zero-order valence-electron chi connectivity index (χ0n) is 15.6. The van der Waals surface area contributed by atoms with E-state index in [0.717, 1.165) is 18.6 Å². The van der Waals surface area contributed by atoms with Crippen molar-refractivity contribution in [3.05, 3.63) is 75.5 Å². The summed E-state index contributed by atoms with van der Waals surface area (Å²) in [4.78, 5) is 29.3. The number of rotatable bonds is 2. The standard InChI is InChI=1S/C21H18F3N3O2/c1-27(21(29)25-12-7-5-11(22)6-8-12)18-4-2-3-17-19(18)13-9-15(23)16(24)10-14(13)20(28)26-17/h5-10,18H,2-4H2,1H3,(H,25,29)(H,26,28)/t18-/m1/s1. The summed E-state index contributed by atoms with van der Waals surface area (Å²) in [5.41, 5.74) is 1.17. The van der Waals surface area contributed by atoms with Gasteiger partial charge in [0.2, 0.25) is 0 Å². The lowest BCUT2D eigenvalue weighted by molar-refractivity contribution is 0.197. The molecule has 2 N–H and O–H groups in total. The number of carbonyl (C=O) groups excluding carboxylic acids is 1. The van der Waals surface area contributed by atoms with Crippen LogP contribution in [0.2, 0.25) is 0 Å². The van der Waals surface area contributed by atoms with Gasteiger partial charge in [-0.3, -0.25) is 4.79 Å². The number of aryl methyl sites for hydroxylation is 1. The Morgan fingerprint density at radius 3 is 2.45 bits per heavy atom. The number of pyridine rings is 1. The highest BCUT2D eigenvalue weighted by Crippen LogP contribution is 2.37. The van der Waals surface area contributed by atoms with E-state index in [-0.39, 0.29) is 5.39 Å². The van der Waals surface area contributed by atoms with E-state index < -0.39 is 35.1 Å². The number of halogens is 3. The molecule has 5 nitrogen and oxygen atoms in total. The van der Waals surface area contributed by atoms with Crippen LogP contribution in [-0.2, 0) is 6.42 Å². The molecule has 1 aromatic heterocycles. The molecule has 0 spiro atoms. The number of amides is 2. The third-order valence-electron chi connectivity index (χ3n) is 5.31. The lowest BCUT2D eigenvalue weighted by Gasteiger charge is -2.34. The summed E-state index contributed by atoms with van der Waals surface area (Å²) in [7, 11) is 1.59. The fourth-order valence-electron chi connectivity index (χ4n) is 3.86. The maximum atomic E-state index is 13.9. The van der Waals surface area contributed by atoms with Crippen LogP contribution in [0, 0.1) is 17.5 Å². The quantitative estimate of drug-likeness (QED) is 0.665. The zero-order chi connectivity index (χ0) is 20.7. The Balaban J connectivity index is 1.74. The fraction of sp³-hybridized carbons (Fsp3) is 0.238. The van der Waals surface area contributed by atoms with Crippen LogP contribution in [0.5, 0.6) is 0 Å². The molecule has 150 valence electrons. The minimum absolute atomic E-state index is 0.0434. The smallest absolute Gasteiger partial charge is 0.322 e. The number of nitrogens with one attached hydrogen (secondary N) is 2. The Morgan fingerprint density at radius 1 is 1.10 bits per heavy atom. The minimum atomic E-state index is -1.10. The van der Waals surface area contributed by atoms with Gasteiger partial charge in [0.05, 0.1) is 11.4 Å². The predicted molar refractivity (Wildman–Crippen MR) is 103 cm³/mol. The number of hydrogen-bond donors (Lipinski definition) is 2. The molecule has 0 radical (unpaired) electrons. The highest BCUT2D eigenvalue weighted by atomic mass is 19.2. The van der Waals surface area contributed by atoms with Crippen LogP contribution >= 0.6 is 0 Å². The summed E-state index contributed by atoms with van der Waals surface area (Å²) >= 11 is 0. The molecular weight excluding hydrogens is 383 g/mol. The molecule has 29 heavy (non-hydrogen) atoms. The van der Waals surface area contributed by atoms with Crippen molar-refractivity contribution >= 4 is 22.5 Å². The van der Waals surface area contributed by atoms with E-state index in [0.29, 0.717) is 35.2 Å². The van der Waals surface area contributed by atoms with Crippen molar-refractivity contribution < 1.29 is 18.0 Å². The second kappa shape index (κ2) is 7.27. The molecule has 0 saturated carbocycles. The van der Waals surface area contributed by atoms with E-state index in [1.807, 2.05) is 0 Å². The number of nitrogens with zero attached hydrogens (tertiary/aromatic N) is 1. The van der Waals surface area contributed by atoms with Gasteiger partial charge >= 0.3 is 6.03 Å². The Labute approximate surface area is 164 Å². The van der Waals surface area contributed by atoms with Gasteiger partial charge in [-0.2, -0.15) is 0 Å². The number of urea groups is 1. The van der Waals surface area contributed by atoms with Gasteiger partial charge in [-0.1, -0.05) is 0 Å². The molecule has 2 aromatic carbocycles. The van der Waals surface area contributed by atoms with Gasteiger partial charge in [0.1, 0.15) is 5.82 Å². The molecular formula is C21H18F3N3O2. The lowest BCUT2D eigenvalue weighted by Crippen LogP contribution is -2.37. The first-order valence-corrected chi connectivity index (χ1v) is 9.18. The number of benzene rings is 2. The monoisotopic (exact) mass is 401 g/mol. The van der Waals surface area contributed by atoms with E-state index in [4.69, 9.17) is 0 Å². The van der Waals surface area contributed by atoms with E-state index >= 15 is 0 Å². The minimum Gasteiger partial charge on any atom is -0.325 e. The number of H-pyrrole nitrogens is 1. The van der Waals surface area contributed by atoms with Crippen LogP contribution in [-0.4, -0.2) is 23.0 Å². The average Bonchev–Trinajstić information content (AvgIpc) is 2.70. The number of hydrogen-bond acceptors (Lipinski definition) is 2. The largest absolute Gasteiger partial charge is 0.325 e. The number of carbonyl (C=O) groups is 1. The number of fused-ring (bicyclic) bond motifs is 3. The van der Waals surface area contributed by atoms with Crippen molar-refractivity contribution in [2.75, 3.05) is 12.4 Å². The molecule has 8 heteroatoms. The van der Waals surface area contributed by atoms with Crippen molar-refractivity contribution in [1.82, 2.24) is 9.88 Å². The third kappa shape index (κ3) is 3.46. The molecule has 0 bridgehead atoms. The van der Waals surface area contributed by atoms with Gasteiger partial charge in [0.15, 0.2) is 11.6 Å². The normalized spacial score (nSPS) is 15.8. The molecule has 1 heterocycles. The van der Waals surface area contributed by atoms with Crippen LogP contribution in [0.15, 0.2) is 41.2 Å². The maximum absolute atomic E-state index is 13.9. The van der Waals surface area contributed by atoms with Crippen LogP contribution in [0.1, 0.15) is 30.1 Å². The molecule has 4 rings (SSSR count). The Kier molecular flexibility index (Phi) is 4.77. The summed E-state index contributed by atoms with van der Waals surface area (Å²) < 4.78 is 40.7. The number of anilines is 1. The maximum Gasteiger partial charge on any atom is 0.322 e. The van der Waals surface area contributed by atoms with Crippen LogP contribution in [0.4, 0.5) is 23.7 Å². The van der Waals surface area contributed by atoms with Gasteiger partial charge in [0.25, 0.3) is 5.56 Å². The first-order valence-electron chi connectivity index (χ1n) is 9.18. The second-order valence-electron chi connectivity index (χ2n) is 7.11. The van der Waals surface area contributed by atoms with Crippen molar-refractivity contribution in [3.8, 4) is 0 Å². The highest BCUT2D eigenvalue weighted by molar-refractivity contribution is 5.91. The van der Waals surface area contributed by atoms with Crippen molar-refractivity contribution in [2.45, 2.75) is 25.3 Å². The number of aromatic nitrogens is 1. The van der Waals surface area contributed by atoms with Crippen molar-refractivity contribution in [1.29, 1.82) is 0 Å². The zero-order valence-corrected chi connectivity index (χ0v) is 15.6. The van der Waals surface area contributed by atoms with Gasteiger partial charge in [0, 0.05) is 24.0 Å². The summed E-state index contributed by atoms with van der Waals surface area (Å²) in [5, 5.41) is 3.03. The molecule has 1 aliphatic rings. The van der Waals surface area contributed by atoms with E-state index in [1.165, 1.54) is 29.2 Å². The molecule has 0 saturated heterocycles. The molecule has 1 atom stereocenters. The molecule has 3 aromatic rings. The predicted octanol–water partition coefficient (Wildman–Crippen LogP) is 4.49. The van der Waals surface area contributed by atoms with Gasteiger partial charge in [-0.25, -0.2) is 18.0 Å². The first kappa shape index (κ1) is 19.0. The van der Waals surface area contributed by atoms with Crippen LogP contribution in [0.25, 0.3) is 10.8 Å². The topological polar surface area (TPSA) is 65.2 Å². The van der Waals surface area contributed by atoms with Crippen molar-refractivity contribution in [3.63, 3.8) is 0 Å². The fourth-order valence-corrected chi connectivity index (χ4v) is 3.86. The van der Waals surface area contributed by atoms with Gasteiger partial charge in [-0.05, 0) is 61.0 Å². The summed E-state index contributed by atoms with van der Waals surface area (Å²) in [6, 6.07) is 6.39. The molecule has 0 aliphatic heterocycles. The van der Waals surface area contributed by atoms with E-state index in [2.05, 4.69) is 10.3 Å². The highest BCUT2D eigenvalue weighted by Gasteiger charge is 2.30. The summed E-state index contributed by atoms with van der Waals surface area (Å²) in [5.74, 6) is -2.56. The van der Waals surface area contributed by atoms with Gasteiger partial charge < -0.3 is 15.2 Å². The molecule has 2 amide bonds. The number of aromatic amines is 1. The Bertz CT molecular complexity index is 1160.